The molecule has 7 nitrogen and oxygen atoms in total. The third-order valence-corrected chi connectivity index (χ3v) is 6.85. The van der Waals surface area contributed by atoms with Crippen LogP contribution in [0.4, 0.5) is 0 Å². The van der Waals surface area contributed by atoms with Gasteiger partial charge in [0.25, 0.3) is 0 Å². The fourth-order valence-electron chi connectivity index (χ4n) is 3.17. The highest BCUT2D eigenvalue weighted by atomic mass is 32.2. The van der Waals surface area contributed by atoms with Gasteiger partial charge in [-0.05, 0) is 37.5 Å². The minimum absolute atomic E-state index is 0.0969. The Morgan fingerprint density at radius 2 is 1.93 bits per heavy atom. The molecule has 2 N–H and O–H groups in total. The lowest BCUT2D eigenvalue weighted by Gasteiger charge is -2.19. The summed E-state index contributed by atoms with van der Waals surface area (Å²) >= 11 is 0. The lowest BCUT2D eigenvalue weighted by atomic mass is 10.1. The molecule has 0 bridgehead atoms. The first kappa shape index (κ1) is 21.8. The van der Waals surface area contributed by atoms with Crippen molar-refractivity contribution in [2.45, 2.75) is 50.7 Å². The second-order valence-electron chi connectivity index (χ2n) is 6.71. The van der Waals surface area contributed by atoms with Crippen molar-refractivity contribution in [2.75, 3.05) is 32.8 Å². The summed E-state index contributed by atoms with van der Waals surface area (Å²) in [4.78, 5) is 12.3. The second-order valence-corrected chi connectivity index (χ2v) is 8.65. The maximum Gasteiger partial charge on any atom is 0.243 e. The molecular formula is C19H31N3O4S. The van der Waals surface area contributed by atoms with Gasteiger partial charge >= 0.3 is 0 Å². The molecule has 1 saturated heterocycles. The summed E-state index contributed by atoms with van der Waals surface area (Å²) in [6.45, 7) is 8.11. The summed E-state index contributed by atoms with van der Waals surface area (Å²) < 4.78 is 32.0. The van der Waals surface area contributed by atoms with Gasteiger partial charge in [-0.3, -0.25) is 4.79 Å². The summed E-state index contributed by atoms with van der Waals surface area (Å²) in [7, 11) is -3.46. The average molecular weight is 398 g/mol. The number of benzene rings is 1. The van der Waals surface area contributed by atoms with E-state index >= 15 is 0 Å². The molecular weight excluding hydrogens is 366 g/mol. The Labute approximate surface area is 162 Å². The molecule has 152 valence electrons. The van der Waals surface area contributed by atoms with Crippen molar-refractivity contribution in [1.82, 2.24) is 14.9 Å². The van der Waals surface area contributed by atoms with Gasteiger partial charge in [-0.25, -0.2) is 8.42 Å². The Kier molecular flexibility index (Phi) is 8.22. The highest BCUT2D eigenvalue weighted by Gasteiger charge is 2.22. The molecule has 1 heterocycles. The SMILES string of the molecule is CCN(CC)S(=O)(=O)c1ccc(C(C)NC(=O)CNCC2CCCO2)cc1. The average Bonchev–Trinajstić information content (AvgIpc) is 3.16. The summed E-state index contributed by atoms with van der Waals surface area (Å²) in [5.74, 6) is -0.0969. The van der Waals surface area contributed by atoms with E-state index in [0.29, 0.717) is 19.6 Å². The van der Waals surface area contributed by atoms with Crippen molar-refractivity contribution >= 4 is 15.9 Å². The molecule has 2 atom stereocenters. The second kappa shape index (κ2) is 10.2. The van der Waals surface area contributed by atoms with Crippen LogP contribution < -0.4 is 10.6 Å². The molecule has 0 spiro atoms. The van der Waals surface area contributed by atoms with Gasteiger partial charge in [0, 0.05) is 26.2 Å². The van der Waals surface area contributed by atoms with Crippen molar-refractivity contribution in [1.29, 1.82) is 0 Å². The van der Waals surface area contributed by atoms with E-state index in [1.807, 2.05) is 20.8 Å². The maximum absolute atomic E-state index is 12.5. The lowest BCUT2D eigenvalue weighted by molar-refractivity contribution is -0.120. The predicted octanol–water partition coefficient (Wildman–Crippen LogP) is 1.66. The molecule has 1 aliphatic rings. The monoisotopic (exact) mass is 397 g/mol. The van der Waals surface area contributed by atoms with Gasteiger partial charge in [0.2, 0.25) is 15.9 Å². The minimum atomic E-state index is -3.46. The van der Waals surface area contributed by atoms with Crippen LogP contribution in [0.3, 0.4) is 0 Å². The number of nitrogens with zero attached hydrogens (tertiary/aromatic N) is 1. The van der Waals surface area contributed by atoms with E-state index in [-0.39, 0.29) is 29.5 Å². The third-order valence-electron chi connectivity index (χ3n) is 4.78. The number of hydrogen-bond donors (Lipinski definition) is 2. The Balaban J connectivity index is 1.87. The molecule has 0 aliphatic carbocycles. The summed E-state index contributed by atoms with van der Waals surface area (Å²) in [5, 5.41) is 6.04. The highest BCUT2D eigenvalue weighted by molar-refractivity contribution is 7.89. The molecule has 8 heteroatoms. The topological polar surface area (TPSA) is 87.7 Å². The fraction of sp³-hybridized carbons (Fsp3) is 0.632. The van der Waals surface area contributed by atoms with Gasteiger partial charge < -0.3 is 15.4 Å². The highest BCUT2D eigenvalue weighted by Crippen LogP contribution is 2.19. The largest absolute Gasteiger partial charge is 0.377 e. The standard InChI is InChI=1S/C19H31N3O4S/c1-4-22(5-2)27(24,25)18-10-8-16(9-11-18)15(3)21-19(23)14-20-13-17-7-6-12-26-17/h8-11,15,17,20H,4-7,12-14H2,1-3H3,(H,21,23). The molecule has 1 aromatic carbocycles. The molecule has 1 amide bonds. The van der Waals surface area contributed by atoms with Gasteiger partial charge in [-0.2, -0.15) is 4.31 Å². The van der Waals surface area contributed by atoms with E-state index in [1.54, 1.807) is 24.3 Å². The molecule has 0 aromatic heterocycles. The lowest BCUT2D eigenvalue weighted by Crippen LogP contribution is -2.38. The predicted molar refractivity (Wildman–Crippen MR) is 105 cm³/mol. The number of carbonyl (C=O) groups is 1. The number of amides is 1. The van der Waals surface area contributed by atoms with Crippen LogP contribution in [0.5, 0.6) is 0 Å². The number of hydrogen-bond acceptors (Lipinski definition) is 5. The third kappa shape index (κ3) is 6.00. The van der Waals surface area contributed by atoms with Crippen LogP contribution in [0.2, 0.25) is 0 Å². The summed E-state index contributed by atoms with van der Waals surface area (Å²) in [5.41, 5.74) is 0.862. The first-order chi connectivity index (χ1) is 12.9. The van der Waals surface area contributed by atoms with Crippen LogP contribution in [-0.4, -0.2) is 57.5 Å². The summed E-state index contributed by atoms with van der Waals surface area (Å²) in [6, 6.07) is 6.50. The van der Waals surface area contributed by atoms with Crippen LogP contribution in [0.15, 0.2) is 29.2 Å². The number of ether oxygens (including phenoxy) is 1. The van der Waals surface area contributed by atoms with Gasteiger partial charge in [0.05, 0.1) is 23.6 Å². The van der Waals surface area contributed by atoms with Crippen molar-refractivity contribution in [2.24, 2.45) is 0 Å². The molecule has 27 heavy (non-hydrogen) atoms. The van der Waals surface area contributed by atoms with Crippen LogP contribution >= 0.6 is 0 Å². The first-order valence-electron chi connectivity index (χ1n) is 9.60. The van der Waals surface area contributed by atoms with Crippen molar-refractivity contribution < 1.29 is 17.9 Å². The van der Waals surface area contributed by atoms with E-state index in [2.05, 4.69) is 10.6 Å². The Morgan fingerprint density at radius 1 is 1.26 bits per heavy atom. The van der Waals surface area contributed by atoms with E-state index in [0.717, 1.165) is 25.0 Å². The van der Waals surface area contributed by atoms with Crippen molar-refractivity contribution in [3.63, 3.8) is 0 Å². The van der Waals surface area contributed by atoms with Gasteiger partial charge in [-0.1, -0.05) is 26.0 Å². The van der Waals surface area contributed by atoms with Gasteiger partial charge in [0.1, 0.15) is 0 Å². The molecule has 0 radical (unpaired) electrons. The van der Waals surface area contributed by atoms with Crippen LogP contribution in [0.1, 0.15) is 45.2 Å². The Morgan fingerprint density at radius 3 is 2.48 bits per heavy atom. The minimum Gasteiger partial charge on any atom is -0.377 e. The number of sulfonamides is 1. The maximum atomic E-state index is 12.5. The number of nitrogens with one attached hydrogen (secondary N) is 2. The van der Waals surface area contributed by atoms with Gasteiger partial charge in [-0.15, -0.1) is 0 Å². The first-order valence-corrected chi connectivity index (χ1v) is 11.0. The van der Waals surface area contributed by atoms with Crippen LogP contribution in [0, 0.1) is 0 Å². The fourth-order valence-corrected chi connectivity index (χ4v) is 4.63. The zero-order chi connectivity index (χ0) is 19.9. The Hall–Kier alpha value is -1.48. The normalized spacial score (nSPS) is 18.6. The molecule has 2 unspecified atom stereocenters. The number of carbonyl (C=O) groups excluding carboxylic acids is 1. The van der Waals surface area contributed by atoms with E-state index in [9.17, 15) is 13.2 Å². The smallest absolute Gasteiger partial charge is 0.243 e. The zero-order valence-electron chi connectivity index (χ0n) is 16.4. The quantitative estimate of drug-likeness (QED) is 0.627. The van der Waals surface area contributed by atoms with Crippen molar-refractivity contribution in [3.05, 3.63) is 29.8 Å². The van der Waals surface area contributed by atoms with Crippen LogP contribution in [0.25, 0.3) is 0 Å². The Bertz CT molecular complexity index is 696. The van der Waals surface area contributed by atoms with Gasteiger partial charge in [0.15, 0.2) is 0 Å². The van der Waals surface area contributed by atoms with E-state index in [1.165, 1.54) is 4.31 Å². The van der Waals surface area contributed by atoms with Crippen LogP contribution in [-0.2, 0) is 19.6 Å². The molecule has 1 aromatic rings. The van der Waals surface area contributed by atoms with E-state index in [4.69, 9.17) is 4.74 Å². The zero-order valence-corrected chi connectivity index (χ0v) is 17.2. The molecule has 1 aliphatic heterocycles. The molecule has 1 fully saturated rings. The summed E-state index contributed by atoms with van der Waals surface area (Å²) in [6.07, 6.45) is 2.32. The number of rotatable bonds is 10. The molecule has 0 saturated carbocycles. The molecule has 2 rings (SSSR count). The van der Waals surface area contributed by atoms with Crippen molar-refractivity contribution in [3.8, 4) is 0 Å². The van der Waals surface area contributed by atoms with E-state index < -0.39 is 10.0 Å².